The second kappa shape index (κ2) is 7.30. The second-order valence-electron chi connectivity index (χ2n) is 4.56. The summed E-state index contributed by atoms with van der Waals surface area (Å²) in [6, 6.07) is 6.45. The van der Waals surface area contributed by atoms with Crippen LogP contribution in [0.15, 0.2) is 18.2 Å². The van der Waals surface area contributed by atoms with Crippen molar-refractivity contribution < 1.29 is 4.74 Å². The molecule has 0 saturated carbocycles. The Morgan fingerprint density at radius 2 is 2.06 bits per heavy atom. The number of benzene rings is 1. The molecule has 0 heterocycles. The van der Waals surface area contributed by atoms with Crippen LogP contribution in [0.25, 0.3) is 0 Å². The molecule has 1 rings (SSSR count). The van der Waals surface area contributed by atoms with Crippen molar-refractivity contribution in [2.24, 2.45) is 0 Å². The number of ether oxygens (including phenoxy) is 1. The van der Waals surface area contributed by atoms with E-state index in [1.165, 1.54) is 11.1 Å². The van der Waals surface area contributed by atoms with Crippen molar-refractivity contribution in [3.8, 4) is 5.75 Å². The van der Waals surface area contributed by atoms with Gasteiger partial charge in [0.15, 0.2) is 0 Å². The van der Waals surface area contributed by atoms with E-state index in [1.54, 1.807) is 7.11 Å². The third-order valence-corrected chi connectivity index (χ3v) is 2.59. The van der Waals surface area contributed by atoms with E-state index >= 15 is 0 Å². The fourth-order valence-electron chi connectivity index (χ4n) is 1.80. The summed E-state index contributed by atoms with van der Waals surface area (Å²) < 4.78 is 5.44. The highest BCUT2D eigenvalue weighted by molar-refractivity contribution is 5.37. The molecule has 0 fully saturated rings. The number of hydrogen-bond donors (Lipinski definition) is 1. The Kier molecular flexibility index (Phi) is 6.01. The molecule has 0 unspecified atom stereocenters. The Hall–Kier alpha value is -1.06. The fraction of sp³-hybridized carbons (Fsp3) is 0.571. The minimum atomic E-state index is 0.874. The second-order valence-corrected chi connectivity index (χ2v) is 4.56. The molecule has 0 amide bonds. The molecular weight excluding hydrogens is 212 g/mol. The van der Waals surface area contributed by atoms with Crippen LogP contribution in [0.5, 0.6) is 5.75 Å². The third-order valence-electron chi connectivity index (χ3n) is 2.59. The summed E-state index contributed by atoms with van der Waals surface area (Å²) in [7, 11) is 5.88. The molecule has 3 heteroatoms. The Bertz CT molecular complexity index is 337. The first kappa shape index (κ1) is 14.0. The van der Waals surface area contributed by atoms with E-state index in [4.69, 9.17) is 4.74 Å². The number of nitrogens with one attached hydrogen (secondary N) is 1. The fourth-order valence-corrected chi connectivity index (χ4v) is 1.80. The number of methoxy groups -OCH3 is 1. The summed E-state index contributed by atoms with van der Waals surface area (Å²) in [6.07, 6.45) is 1.15. The van der Waals surface area contributed by atoms with Gasteiger partial charge in [-0.25, -0.2) is 0 Å². The SMILES string of the molecule is CCCNCc1ccc(CN(C)C)cc1OC. The van der Waals surface area contributed by atoms with Crippen LogP contribution in [-0.2, 0) is 13.1 Å². The Morgan fingerprint density at radius 1 is 1.29 bits per heavy atom. The van der Waals surface area contributed by atoms with E-state index in [-0.39, 0.29) is 0 Å². The summed E-state index contributed by atoms with van der Waals surface area (Å²) in [5.41, 5.74) is 2.51. The lowest BCUT2D eigenvalue weighted by Crippen LogP contribution is -2.15. The average Bonchev–Trinajstić information content (AvgIpc) is 2.30. The third kappa shape index (κ3) is 4.75. The predicted molar refractivity (Wildman–Crippen MR) is 72.4 cm³/mol. The Balaban J connectivity index is 2.71. The number of rotatable bonds is 7. The van der Waals surface area contributed by atoms with Gasteiger partial charge in [0.2, 0.25) is 0 Å². The molecule has 0 radical (unpaired) electrons. The van der Waals surface area contributed by atoms with Crippen molar-refractivity contribution in [2.45, 2.75) is 26.4 Å². The maximum atomic E-state index is 5.44. The standard InChI is InChI=1S/C14H24N2O/c1-5-8-15-10-13-7-6-12(11-16(2)3)9-14(13)17-4/h6-7,9,15H,5,8,10-11H2,1-4H3. The molecule has 1 aromatic rings. The molecule has 0 atom stereocenters. The van der Waals surface area contributed by atoms with Crippen molar-refractivity contribution >= 4 is 0 Å². The minimum absolute atomic E-state index is 0.874. The summed E-state index contributed by atoms with van der Waals surface area (Å²) in [5, 5.41) is 3.40. The lowest BCUT2D eigenvalue weighted by atomic mass is 10.1. The van der Waals surface area contributed by atoms with Crippen molar-refractivity contribution in [2.75, 3.05) is 27.7 Å². The quantitative estimate of drug-likeness (QED) is 0.735. The molecule has 1 N–H and O–H groups in total. The van der Waals surface area contributed by atoms with Crippen LogP contribution >= 0.6 is 0 Å². The van der Waals surface area contributed by atoms with Crippen molar-refractivity contribution in [3.05, 3.63) is 29.3 Å². The Morgan fingerprint density at radius 3 is 2.65 bits per heavy atom. The first-order valence-corrected chi connectivity index (χ1v) is 6.18. The predicted octanol–water partition coefficient (Wildman–Crippen LogP) is 2.26. The summed E-state index contributed by atoms with van der Waals surface area (Å²) in [5.74, 6) is 0.980. The topological polar surface area (TPSA) is 24.5 Å². The van der Waals surface area contributed by atoms with Gasteiger partial charge < -0.3 is 15.0 Å². The van der Waals surface area contributed by atoms with Crippen molar-refractivity contribution in [1.82, 2.24) is 10.2 Å². The van der Waals surface area contributed by atoms with Crippen molar-refractivity contribution in [3.63, 3.8) is 0 Å². The molecule has 3 nitrogen and oxygen atoms in total. The van der Waals surface area contributed by atoms with Gasteiger partial charge in [0, 0.05) is 18.7 Å². The molecule has 0 aliphatic carbocycles. The molecule has 0 aliphatic heterocycles. The molecule has 96 valence electrons. The molecule has 0 spiro atoms. The van der Waals surface area contributed by atoms with E-state index in [2.05, 4.69) is 49.4 Å². The molecule has 0 aliphatic rings. The van der Waals surface area contributed by atoms with Crippen LogP contribution in [0.2, 0.25) is 0 Å². The molecule has 0 aromatic heterocycles. The van der Waals surface area contributed by atoms with E-state index in [0.29, 0.717) is 0 Å². The van der Waals surface area contributed by atoms with Crippen LogP contribution in [0.4, 0.5) is 0 Å². The summed E-state index contributed by atoms with van der Waals surface area (Å²) >= 11 is 0. The van der Waals surface area contributed by atoms with Gasteiger partial charge in [-0.2, -0.15) is 0 Å². The zero-order valence-corrected chi connectivity index (χ0v) is 11.4. The van der Waals surface area contributed by atoms with Crippen LogP contribution in [-0.4, -0.2) is 32.6 Å². The Labute approximate surface area is 105 Å². The van der Waals surface area contributed by atoms with Gasteiger partial charge in [0.25, 0.3) is 0 Å². The van der Waals surface area contributed by atoms with Gasteiger partial charge in [0.05, 0.1) is 7.11 Å². The van der Waals surface area contributed by atoms with E-state index < -0.39 is 0 Å². The van der Waals surface area contributed by atoms with Gasteiger partial charge >= 0.3 is 0 Å². The van der Waals surface area contributed by atoms with E-state index in [9.17, 15) is 0 Å². The van der Waals surface area contributed by atoms with Gasteiger partial charge in [-0.1, -0.05) is 19.1 Å². The normalized spacial score (nSPS) is 10.9. The molecule has 1 aromatic carbocycles. The minimum Gasteiger partial charge on any atom is -0.496 e. The van der Waals surface area contributed by atoms with E-state index in [1.807, 2.05) is 0 Å². The number of nitrogens with zero attached hydrogens (tertiary/aromatic N) is 1. The maximum absolute atomic E-state index is 5.44. The molecule has 0 bridgehead atoms. The van der Waals surface area contributed by atoms with Crippen LogP contribution in [0, 0.1) is 0 Å². The van der Waals surface area contributed by atoms with Gasteiger partial charge in [-0.05, 0) is 38.7 Å². The molecular formula is C14H24N2O. The highest BCUT2D eigenvalue weighted by Crippen LogP contribution is 2.20. The first-order valence-electron chi connectivity index (χ1n) is 6.18. The van der Waals surface area contributed by atoms with Crippen molar-refractivity contribution in [1.29, 1.82) is 0 Å². The molecule has 17 heavy (non-hydrogen) atoms. The van der Waals surface area contributed by atoms with Crippen LogP contribution in [0.3, 0.4) is 0 Å². The highest BCUT2D eigenvalue weighted by atomic mass is 16.5. The molecule has 0 saturated heterocycles. The van der Waals surface area contributed by atoms with Crippen LogP contribution < -0.4 is 10.1 Å². The smallest absolute Gasteiger partial charge is 0.123 e. The monoisotopic (exact) mass is 236 g/mol. The van der Waals surface area contributed by atoms with E-state index in [0.717, 1.165) is 31.8 Å². The zero-order chi connectivity index (χ0) is 12.7. The summed E-state index contributed by atoms with van der Waals surface area (Å²) in [4.78, 5) is 2.16. The lowest BCUT2D eigenvalue weighted by molar-refractivity contribution is 0.392. The van der Waals surface area contributed by atoms with Gasteiger partial charge in [-0.15, -0.1) is 0 Å². The lowest BCUT2D eigenvalue weighted by Gasteiger charge is -2.14. The summed E-state index contributed by atoms with van der Waals surface area (Å²) in [6.45, 7) is 5.03. The van der Waals surface area contributed by atoms with Crippen LogP contribution in [0.1, 0.15) is 24.5 Å². The number of hydrogen-bond acceptors (Lipinski definition) is 3. The largest absolute Gasteiger partial charge is 0.496 e. The average molecular weight is 236 g/mol. The van der Waals surface area contributed by atoms with Gasteiger partial charge in [-0.3, -0.25) is 0 Å². The zero-order valence-electron chi connectivity index (χ0n) is 11.4. The van der Waals surface area contributed by atoms with Gasteiger partial charge in [0.1, 0.15) is 5.75 Å². The maximum Gasteiger partial charge on any atom is 0.123 e. The first-order chi connectivity index (χ1) is 8.17. The highest BCUT2D eigenvalue weighted by Gasteiger charge is 2.04.